The van der Waals surface area contributed by atoms with E-state index in [4.69, 9.17) is 9.47 Å². The highest BCUT2D eigenvalue weighted by atomic mass is 16.5. The molecule has 134 valence electrons. The van der Waals surface area contributed by atoms with Gasteiger partial charge in [-0.2, -0.15) is 0 Å². The molecule has 1 amide bonds. The van der Waals surface area contributed by atoms with Crippen LogP contribution in [0, 0.1) is 6.92 Å². The van der Waals surface area contributed by atoms with Crippen LogP contribution in [0.3, 0.4) is 0 Å². The lowest BCUT2D eigenvalue weighted by atomic mass is 9.95. The number of aliphatic hydroxyl groups excluding tert-OH is 1. The number of rotatable bonds is 4. The van der Waals surface area contributed by atoms with Gasteiger partial charge >= 0.3 is 0 Å². The number of aliphatic hydroxyl groups is 1. The van der Waals surface area contributed by atoms with Crippen molar-refractivity contribution in [3.8, 4) is 11.5 Å². The third kappa shape index (κ3) is 3.01. The number of ketones is 1. The summed E-state index contributed by atoms with van der Waals surface area (Å²) in [5.74, 6) is -0.720. The third-order valence-corrected chi connectivity index (χ3v) is 4.34. The van der Waals surface area contributed by atoms with Gasteiger partial charge in [-0.05, 0) is 24.6 Å². The van der Waals surface area contributed by atoms with Gasteiger partial charge in [0.25, 0.3) is 11.7 Å². The first-order chi connectivity index (χ1) is 12.5. The molecule has 0 bridgehead atoms. The molecule has 0 unspecified atom stereocenters. The van der Waals surface area contributed by atoms with E-state index in [1.807, 2.05) is 19.1 Å². The van der Waals surface area contributed by atoms with E-state index < -0.39 is 17.7 Å². The minimum Gasteiger partial charge on any atom is -0.507 e. The van der Waals surface area contributed by atoms with Gasteiger partial charge in [0, 0.05) is 5.56 Å². The predicted octanol–water partition coefficient (Wildman–Crippen LogP) is 2.72. The first-order valence-corrected chi connectivity index (χ1v) is 8.03. The minimum atomic E-state index is -0.767. The number of hydrogen-bond acceptors (Lipinski definition) is 5. The highest BCUT2D eigenvalue weighted by Crippen LogP contribution is 2.36. The van der Waals surface area contributed by atoms with Gasteiger partial charge in [0.2, 0.25) is 0 Å². The number of ether oxygens (including phenoxy) is 2. The molecule has 6 nitrogen and oxygen atoms in total. The lowest BCUT2D eigenvalue weighted by Crippen LogP contribution is -2.21. The second-order valence-electron chi connectivity index (χ2n) is 5.98. The molecule has 1 heterocycles. The number of hydrogen-bond donors (Lipinski definition) is 2. The second kappa shape index (κ2) is 6.92. The van der Waals surface area contributed by atoms with Crippen LogP contribution in [0.1, 0.15) is 22.7 Å². The maximum absolute atomic E-state index is 12.4. The summed E-state index contributed by atoms with van der Waals surface area (Å²) in [6.45, 7) is 1.92. The Bertz CT molecular complexity index is 899. The number of nitrogens with one attached hydrogen (secondary N) is 1. The standard InChI is InChI=1S/C20H19NO5/c1-11-4-6-12(7-5-11)18(22)16-17(21-20(24)19(16)23)13-8-9-14(25-2)15(10-13)26-3/h4-10,17,22H,1-3H3,(H,21,24)/b18-16+/t17-/m0/s1. The number of carbonyl (C=O) groups excluding carboxylic acids is 2. The molecule has 0 saturated carbocycles. The second-order valence-corrected chi connectivity index (χ2v) is 5.98. The topological polar surface area (TPSA) is 84.9 Å². The zero-order valence-corrected chi connectivity index (χ0v) is 14.7. The van der Waals surface area contributed by atoms with E-state index in [-0.39, 0.29) is 11.3 Å². The summed E-state index contributed by atoms with van der Waals surface area (Å²) in [6, 6.07) is 11.4. The van der Waals surface area contributed by atoms with E-state index in [0.29, 0.717) is 22.6 Å². The Morgan fingerprint density at radius 3 is 2.27 bits per heavy atom. The average Bonchev–Trinajstić information content (AvgIpc) is 2.96. The Morgan fingerprint density at radius 2 is 1.65 bits per heavy atom. The van der Waals surface area contributed by atoms with Crippen molar-refractivity contribution >= 4 is 17.4 Å². The van der Waals surface area contributed by atoms with Gasteiger partial charge in [0.15, 0.2) is 11.5 Å². The van der Waals surface area contributed by atoms with Crippen molar-refractivity contribution in [2.75, 3.05) is 14.2 Å². The summed E-state index contributed by atoms with van der Waals surface area (Å²) in [6.07, 6.45) is 0. The SMILES string of the molecule is COc1ccc([C@@H]2NC(=O)C(=O)/C2=C(/O)c2ccc(C)cc2)cc1OC. The van der Waals surface area contributed by atoms with Gasteiger partial charge < -0.3 is 19.9 Å². The van der Waals surface area contributed by atoms with Crippen LogP contribution in [-0.4, -0.2) is 31.0 Å². The molecule has 0 aromatic heterocycles. The van der Waals surface area contributed by atoms with Crippen molar-refractivity contribution < 1.29 is 24.2 Å². The van der Waals surface area contributed by atoms with E-state index in [1.54, 1.807) is 30.3 Å². The number of amides is 1. The van der Waals surface area contributed by atoms with Gasteiger partial charge in [-0.25, -0.2) is 0 Å². The minimum absolute atomic E-state index is 0.0195. The molecule has 1 aliphatic rings. The average molecular weight is 353 g/mol. The van der Waals surface area contributed by atoms with Crippen molar-refractivity contribution in [3.05, 3.63) is 64.7 Å². The van der Waals surface area contributed by atoms with Crippen LogP contribution in [0.15, 0.2) is 48.0 Å². The number of aryl methyl sites for hydroxylation is 1. The molecule has 1 fully saturated rings. The van der Waals surface area contributed by atoms with Crippen molar-refractivity contribution in [2.24, 2.45) is 0 Å². The smallest absolute Gasteiger partial charge is 0.293 e. The summed E-state index contributed by atoms with van der Waals surface area (Å²) in [7, 11) is 3.02. The molecule has 0 radical (unpaired) electrons. The first-order valence-electron chi connectivity index (χ1n) is 8.03. The summed E-state index contributed by atoms with van der Waals surface area (Å²) in [4.78, 5) is 24.3. The van der Waals surface area contributed by atoms with Crippen molar-refractivity contribution in [1.82, 2.24) is 5.32 Å². The Hall–Kier alpha value is -3.28. The van der Waals surface area contributed by atoms with E-state index in [1.165, 1.54) is 14.2 Å². The molecular weight excluding hydrogens is 334 g/mol. The zero-order chi connectivity index (χ0) is 18.8. The highest BCUT2D eigenvalue weighted by molar-refractivity contribution is 6.46. The molecule has 0 spiro atoms. The first kappa shape index (κ1) is 17.5. The van der Waals surface area contributed by atoms with Crippen LogP contribution in [0.25, 0.3) is 5.76 Å². The summed E-state index contributed by atoms with van der Waals surface area (Å²) < 4.78 is 10.5. The fourth-order valence-electron chi connectivity index (χ4n) is 2.92. The van der Waals surface area contributed by atoms with Crippen LogP contribution < -0.4 is 14.8 Å². The van der Waals surface area contributed by atoms with Gasteiger partial charge in [-0.3, -0.25) is 9.59 Å². The number of carbonyl (C=O) groups is 2. The third-order valence-electron chi connectivity index (χ3n) is 4.34. The Balaban J connectivity index is 2.11. The molecule has 2 aromatic rings. The number of Topliss-reactive ketones (excluding diaryl/α,β-unsaturated/α-hetero) is 1. The molecule has 6 heteroatoms. The molecule has 1 saturated heterocycles. The molecule has 1 atom stereocenters. The van der Waals surface area contributed by atoms with E-state index in [9.17, 15) is 14.7 Å². The molecular formula is C20H19NO5. The van der Waals surface area contributed by atoms with Crippen LogP contribution in [-0.2, 0) is 9.59 Å². The van der Waals surface area contributed by atoms with Gasteiger partial charge in [0.1, 0.15) is 5.76 Å². The fourth-order valence-corrected chi connectivity index (χ4v) is 2.92. The van der Waals surface area contributed by atoms with Gasteiger partial charge in [-0.15, -0.1) is 0 Å². The van der Waals surface area contributed by atoms with E-state index >= 15 is 0 Å². The van der Waals surface area contributed by atoms with Crippen LogP contribution >= 0.6 is 0 Å². The molecule has 26 heavy (non-hydrogen) atoms. The quantitative estimate of drug-likeness (QED) is 0.502. The zero-order valence-electron chi connectivity index (χ0n) is 14.7. The summed E-state index contributed by atoms with van der Waals surface area (Å²) in [5.41, 5.74) is 2.12. The van der Waals surface area contributed by atoms with Crippen molar-refractivity contribution in [1.29, 1.82) is 0 Å². The molecule has 2 aromatic carbocycles. The molecule has 3 rings (SSSR count). The summed E-state index contributed by atoms with van der Waals surface area (Å²) >= 11 is 0. The fraction of sp³-hybridized carbons (Fsp3) is 0.200. The molecule has 2 N–H and O–H groups in total. The summed E-state index contributed by atoms with van der Waals surface area (Å²) in [5, 5.41) is 13.3. The maximum atomic E-state index is 12.4. The lowest BCUT2D eigenvalue weighted by molar-refractivity contribution is -0.133. The van der Waals surface area contributed by atoms with Gasteiger partial charge in [0.05, 0.1) is 25.8 Å². The van der Waals surface area contributed by atoms with Crippen LogP contribution in [0.2, 0.25) is 0 Å². The largest absolute Gasteiger partial charge is 0.507 e. The number of benzene rings is 2. The Morgan fingerprint density at radius 1 is 1.00 bits per heavy atom. The van der Waals surface area contributed by atoms with Crippen molar-refractivity contribution in [3.63, 3.8) is 0 Å². The van der Waals surface area contributed by atoms with E-state index in [2.05, 4.69) is 5.32 Å². The lowest BCUT2D eigenvalue weighted by Gasteiger charge is -2.16. The number of methoxy groups -OCH3 is 2. The molecule has 0 aliphatic carbocycles. The van der Waals surface area contributed by atoms with Crippen LogP contribution in [0.4, 0.5) is 0 Å². The normalized spacial score (nSPS) is 18.5. The van der Waals surface area contributed by atoms with Gasteiger partial charge in [-0.1, -0.05) is 35.9 Å². The highest BCUT2D eigenvalue weighted by Gasteiger charge is 2.39. The maximum Gasteiger partial charge on any atom is 0.293 e. The Kier molecular flexibility index (Phi) is 4.67. The Labute approximate surface area is 151 Å². The van der Waals surface area contributed by atoms with Crippen LogP contribution in [0.5, 0.6) is 11.5 Å². The van der Waals surface area contributed by atoms with E-state index in [0.717, 1.165) is 5.56 Å². The van der Waals surface area contributed by atoms with Crippen molar-refractivity contribution in [2.45, 2.75) is 13.0 Å². The molecule has 1 aliphatic heterocycles. The predicted molar refractivity (Wildman–Crippen MR) is 96.2 cm³/mol. The monoisotopic (exact) mass is 353 g/mol.